The summed E-state index contributed by atoms with van der Waals surface area (Å²) >= 11 is 0. The van der Waals surface area contributed by atoms with E-state index in [1.54, 1.807) is 5.57 Å². The molecule has 0 aliphatic heterocycles. The first-order valence-corrected chi connectivity index (χ1v) is 21.2. The molecule has 302 valence electrons. The fraction of sp³-hybridized carbons (Fsp3) is 0.930. The van der Waals surface area contributed by atoms with Crippen molar-refractivity contribution < 1.29 is 38.3 Å². The molecule has 0 spiro atoms. The van der Waals surface area contributed by atoms with Gasteiger partial charge in [-0.3, -0.25) is 0 Å². The number of hydrogen-bond acceptors (Lipinski definition) is 8. The Morgan fingerprint density at radius 2 is 1.52 bits per heavy atom. The zero-order valence-corrected chi connectivity index (χ0v) is 34.1. The van der Waals surface area contributed by atoms with Gasteiger partial charge in [0.2, 0.25) is 0 Å². The third-order valence-electron chi connectivity index (χ3n) is 13.3. The highest BCUT2D eigenvalue weighted by Gasteiger charge is 2.59. The molecule has 4 aliphatic rings. The first-order valence-electron chi connectivity index (χ1n) is 21.2. The molecule has 4 rings (SSSR count). The van der Waals surface area contributed by atoms with E-state index in [-0.39, 0.29) is 36.9 Å². The Hall–Kier alpha value is -1.23. The van der Waals surface area contributed by atoms with Gasteiger partial charge in [0.15, 0.2) is 0 Å². The summed E-state index contributed by atoms with van der Waals surface area (Å²) in [6, 6.07) is 0. The van der Waals surface area contributed by atoms with Crippen molar-refractivity contribution in [3.63, 3.8) is 0 Å². The Labute approximate surface area is 317 Å². The van der Waals surface area contributed by atoms with Crippen LogP contribution in [0.4, 0.5) is 4.79 Å². The van der Waals surface area contributed by atoms with Crippen molar-refractivity contribution in [3.05, 3.63) is 11.6 Å². The molecule has 9 heteroatoms. The highest BCUT2D eigenvalue weighted by atomic mass is 16.6. The van der Waals surface area contributed by atoms with E-state index in [2.05, 4.69) is 46.0 Å². The normalized spacial score (nSPS) is 31.1. The van der Waals surface area contributed by atoms with Gasteiger partial charge in [-0.25, -0.2) is 4.79 Å². The molecule has 2 N–H and O–H groups in total. The van der Waals surface area contributed by atoms with Crippen LogP contribution >= 0.6 is 0 Å². The third kappa shape index (κ3) is 12.7. The van der Waals surface area contributed by atoms with Gasteiger partial charge in [-0.05, 0) is 112 Å². The lowest BCUT2D eigenvalue weighted by molar-refractivity contribution is -0.0581. The number of alkyl carbamates (subject to hydrolysis) is 1. The summed E-state index contributed by atoms with van der Waals surface area (Å²) in [6.07, 6.45) is 16.4. The maximum absolute atomic E-state index is 12.7. The Morgan fingerprint density at radius 1 is 0.827 bits per heavy atom. The predicted molar refractivity (Wildman–Crippen MR) is 206 cm³/mol. The van der Waals surface area contributed by atoms with Crippen LogP contribution in [0.25, 0.3) is 0 Å². The number of nitrogens with one attached hydrogen (secondary N) is 1. The Morgan fingerprint density at radius 3 is 2.21 bits per heavy atom. The van der Waals surface area contributed by atoms with Crippen LogP contribution in [-0.4, -0.2) is 95.5 Å². The van der Waals surface area contributed by atoms with E-state index < -0.39 is 6.10 Å². The van der Waals surface area contributed by atoms with Crippen molar-refractivity contribution in [2.75, 3.05) is 66.0 Å². The van der Waals surface area contributed by atoms with Gasteiger partial charge in [0.1, 0.15) is 12.2 Å². The summed E-state index contributed by atoms with van der Waals surface area (Å²) in [5.74, 6) is 5.02. The second-order valence-electron chi connectivity index (χ2n) is 17.8. The topological polar surface area (TPSA) is 105 Å². The van der Waals surface area contributed by atoms with Crippen LogP contribution in [0.1, 0.15) is 126 Å². The van der Waals surface area contributed by atoms with Crippen molar-refractivity contribution in [1.29, 1.82) is 0 Å². The monoisotopic (exact) mass is 736 g/mol. The molecule has 0 bridgehead atoms. The first kappa shape index (κ1) is 43.5. The fourth-order valence-corrected chi connectivity index (χ4v) is 10.5. The van der Waals surface area contributed by atoms with Crippen molar-refractivity contribution in [2.24, 2.45) is 46.3 Å². The lowest BCUT2D eigenvalue weighted by Gasteiger charge is -2.58. The molecule has 3 saturated carbocycles. The van der Waals surface area contributed by atoms with Crippen molar-refractivity contribution >= 4 is 6.09 Å². The molecule has 4 aliphatic carbocycles. The molecule has 2 unspecified atom stereocenters. The smallest absolute Gasteiger partial charge is 0.407 e. The molecule has 9 nitrogen and oxygen atoms in total. The highest BCUT2D eigenvalue weighted by molar-refractivity contribution is 5.67. The maximum atomic E-state index is 12.7. The summed E-state index contributed by atoms with van der Waals surface area (Å²) in [6.45, 7) is 20.8. The minimum absolute atomic E-state index is 0.0280. The Bertz CT molecular complexity index is 1070. The standard InChI is InChI=1S/C43H77NO8/c1-31(2)10-8-11-33(5)38-14-15-39-37-13-12-34-28-36(16-18-42(34,6)40(37)17-19-43(38,39)7)52-41(46)44-20-9-21-47-22-23-48-24-25-49-26-27-50-29-35(45)30-51-32(3)4/h12,31-33,35-40,45H,8-11,13-30H2,1-7H3,(H,44,46)/t33-,35?,36+,37+,38?,39+,40+,42+,43-/m1/s1. The maximum Gasteiger partial charge on any atom is 0.407 e. The average molecular weight is 736 g/mol. The average Bonchev–Trinajstić information content (AvgIpc) is 3.46. The molecular formula is C43H77NO8. The van der Waals surface area contributed by atoms with E-state index >= 15 is 0 Å². The number of rotatable bonds is 24. The molecule has 9 atom stereocenters. The van der Waals surface area contributed by atoms with E-state index in [1.807, 2.05) is 13.8 Å². The van der Waals surface area contributed by atoms with Gasteiger partial charge < -0.3 is 38.8 Å². The summed E-state index contributed by atoms with van der Waals surface area (Å²) in [5.41, 5.74) is 2.34. The summed E-state index contributed by atoms with van der Waals surface area (Å²) in [5, 5.41) is 12.7. The second kappa shape index (κ2) is 21.8. The number of carbonyl (C=O) groups excluding carboxylic acids is 1. The molecule has 0 aromatic carbocycles. The minimum Gasteiger partial charge on any atom is -0.446 e. The minimum atomic E-state index is -0.621. The highest BCUT2D eigenvalue weighted by Crippen LogP contribution is 2.67. The summed E-state index contributed by atoms with van der Waals surface area (Å²) in [4.78, 5) is 12.7. The summed E-state index contributed by atoms with van der Waals surface area (Å²) in [7, 11) is 0. The van der Waals surface area contributed by atoms with Gasteiger partial charge in [0.25, 0.3) is 0 Å². The molecule has 0 saturated heterocycles. The third-order valence-corrected chi connectivity index (χ3v) is 13.3. The number of amides is 1. The molecule has 0 radical (unpaired) electrons. The largest absolute Gasteiger partial charge is 0.446 e. The molecule has 52 heavy (non-hydrogen) atoms. The number of fused-ring (bicyclic) bond motifs is 5. The van der Waals surface area contributed by atoms with Gasteiger partial charge in [-0.2, -0.15) is 0 Å². The number of aliphatic hydroxyl groups excluding tert-OH is 1. The zero-order chi connectivity index (χ0) is 37.6. The number of hydrogen-bond donors (Lipinski definition) is 2. The van der Waals surface area contributed by atoms with Crippen LogP contribution in [0.2, 0.25) is 0 Å². The molecule has 0 aromatic heterocycles. The molecule has 0 heterocycles. The predicted octanol–water partition coefficient (Wildman–Crippen LogP) is 8.37. The number of allylic oxidation sites excluding steroid dienone is 1. The number of carbonyl (C=O) groups is 1. The summed E-state index contributed by atoms with van der Waals surface area (Å²) < 4.78 is 33.4. The van der Waals surface area contributed by atoms with Crippen LogP contribution in [-0.2, 0) is 28.4 Å². The molecular weight excluding hydrogens is 658 g/mol. The Kier molecular flexibility index (Phi) is 18.2. The zero-order valence-electron chi connectivity index (χ0n) is 34.1. The molecule has 0 aromatic rings. The lowest BCUT2D eigenvalue weighted by Crippen LogP contribution is -2.51. The molecule has 3 fully saturated rings. The van der Waals surface area contributed by atoms with E-state index in [4.69, 9.17) is 28.4 Å². The van der Waals surface area contributed by atoms with Crippen LogP contribution in [0.5, 0.6) is 0 Å². The SMILES string of the molecule is CC(C)CCC[C@@H](C)C1CC[C@H]2[C@@H]3CC=C4C[C@@H](OC(=O)NCCCOCCOCCOCCOCC(O)COC(C)C)CC[C@]4(C)[C@H]3CC[C@]12C. The first-order chi connectivity index (χ1) is 24.9. The van der Waals surface area contributed by atoms with Gasteiger partial charge >= 0.3 is 6.09 Å². The number of ether oxygens (including phenoxy) is 6. The van der Waals surface area contributed by atoms with Crippen LogP contribution < -0.4 is 5.32 Å². The number of aliphatic hydroxyl groups is 1. The fourth-order valence-electron chi connectivity index (χ4n) is 10.5. The van der Waals surface area contributed by atoms with Gasteiger partial charge in [0.05, 0.1) is 59.0 Å². The van der Waals surface area contributed by atoms with E-state index in [1.165, 1.54) is 51.4 Å². The van der Waals surface area contributed by atoms with Gasteiger partial charge in [-0.1, -0.05) is 65.5 Å². The van der Waals surface area contributed by atoms with Crippen molar-refractivity contribution in [2.45, 2.75) is 144 Å². The molecule has 1 amide bonds. The van der Waals surface area contributed by atoms with E-state index in [0.29, 0.717) is 58.2 Å². The van der Waals surface area contributed by atoms with E-state index in [0.717, 1.165) is 61.2 Å². The van der Waals surface area contributed by atoms with Crippen LogP contribution in [0.3, 0.4) is 0 Å². The van der Waals surface area contributed by atoms with Crippen molar-refractivity contribution in [3.8, 4) is 0 Å². The van der Waals surface area contributed by atoms with Crippen molar-refractivity contribution in [1.82, 2.24) is 5.32 Å². The van der Waals surface area contributed by atoms with Crippen LogP contribution in [0.15, 0.2) is 11.6 Å². The second-order valence-corrected chi connectivity index (χ2v) is 17.8. The lowest BCUT2D eigenvalue weighted by atomic mass is 9.47. The quantitative estimate of drug-likeness (QED) is 0.0753. The van der Waals surface area contributed by atoms with E-state index in [9.17, 15) is 9.90 Å². The Balaban J connectivity index is 1.03. The van der Waals surface area contributed by atoms with Crippen LogP contribution in [0, 0.1) is 46.3 Å². The van der Waals surface area contributed by atoms with Gasteiger partial charge in [-0.15, -0.1) is 0 Å². The van der Waals surface area contributed by atoms with Gasteiger partial charge in [0, 0.05) is 19.6 Å².